The lowest BCUT2D eigenvalue weighted by molar-refractivity contribution is -0.140. The third kappa shape index (κ3) is 3.26. The fourth-order valence-electron chi connectivity index (χ4n) is 5.07. The zero-order valence-electron chi connectivity index (χ0n) is 19.4. The number of likely N-dealkylation sites (N-methyl/N-ethyl adjacent to an activating group) is 1. The number of carbonyl (C=O) groups excluding carboxylic acids is 2. The summed E-state index contributed by atoms with van der Waals surface area (Å²) in [4.78, 5) is 34.8. The van der Waals surface area contributed by atoms with Crippen LogP contribution in [0.25, 0.3) is 0 Å². The van der Waals surface area contributed by atoms with Gasteiger partial charge in [0, 0.05) is 12.1 Å². The minimum absolute atomic E-state index is 0.176. The second kappa shape index (κ2) is 8.19. The molecule has 1 saturated carbocycles. The lowest BCUT2D eigenvalue weighted by Gasteiger charge is -2.47. The highest BCUT2D eigenvalue weighted by Crippen LogP contribution is 2.49. The van der Waals surface area contributed by atoms with Gasteiger partial charge in [-0.25, -0.2) is 4.98 Å². The number of carbonyl (C=O) groups is 2. The van der Waals surface area contributed by atoms with E-state index in [0.29, 0.717) is 25.0 Å². The predicted molar refractivity (Wildman–Crippen MR) is 126 cm³/mol. The zero-order valence-corrected chi connectivity index (χ0v) is 20.3. The Labute approximate surface area is 210 Å². The van der Waals surface area contributed by atoms with Crippen molar-refractivity contribution in [3.05, 3.63) is 53.3 Å². The number of alkyl halides is 3. The summed E-state index contributed by atoms with van der Waals surface area (Å²) in [5.74, 6) is -0.993. The van der Waals surface area contributed by atoms with Crippen molar-refractivity contribution in [2.45, 2.75) is 35.6 Å². The molecule has 3 heterocycles. The van der Waals surface area contributed by atoms with Gasteiger partial charge in [0.1, 0.15) is 6.07 Å². The summed E-state index contributed by atoms with van der Waals surface area (Å²) in [6, 6.07) is 9.49. The Morgan fingerprint density at radius 3 is 2.31 bits per heavy atom. The van der Waals surface area contributed by atoms with E-state index < -0.39 is 34.4 Å². The van der Waals surface area contributed by atoms with Gasteiger partial charge in [-0.1, -0.05) is 12.1 Å². The number of nitriles is 1. The van der Waals surface area contributed by atoms with Gasteiger partial charge in [-0.3, -0.25) is 19.4 Å². The predicted octanol–water partition coefficient (Wildman–Crippen LogP) is 2.93. The number of anilines is 2. The number of benzene rings is 1. The summed E-state index contributed by atoms with van der Waals surface area (Å²) < 4.78 is 46.1. The van der Waals surface area contributed by atoms with Crippen molar-refractivity contribution in [1.82, 2.24) is 9.88 Å². The molecule has 0 radical (unpaired) electrons. The molecule has 2 aliphatic heterocycles. The number of thiol groups is 1. The maximum atomic E-state index is 13.6. The van der Waals surface area contributed by atoms with Crippen molar-refractivity contribution in [2.24, 2.45) is 0 Å². The number of nitrogens with zero attached hydrogens (tertiary/aromatic N) is 5. The molecule has 1 aromatic heterocycles. The van der Waals surface area contributed by atoms with Gasteiger partial charge in [0.25, 0.3) is 5.91 Å². The fourth-order valence-corrected chi connectivity index (χ4v) is 5.64. The maximum absolute atomic E-state index is 13.6. The van der Waals surface area contributed by atoms with Crippen LogP contribution in [0.15, 0.2) is 36.5 Å². The molecule has 5 rings (SSSR count). The number of halogens is 3. The lowest BCUT2D eigenvalue weighted by Crippen LogP contribution is -2.63. The molecular weight excluding hydrogens is 495 g/mol. The first-order valence-electron chi connectivity index (χ1n) is 11.1. The maximum Gasteiger partial charge on any atom is 0.419 e. The first-order chi connectivity index (χ1) is 17.0. The monoisotopic (exact) mass is 517 g/mol. The van der Waals surface area contributed by atoms with Crippen molar-refractivity contribution in [3.63, 3.8) is 0 Å². The summed E-state index contributed by atoms with van der Waals surface area (Å²) in [6.45, 7) is 1.06. The molecule has 3 fully saturated rings. The van der Waals surface area contributed by atoms with E-state index in [1.54, 1.807) is 17.0 Å². The Morgan fingerprint density at radius 2 is 1.86 bits per heavy atom. The third-order valence-corrected chi connectivity index (χ3v) is 7.87. The van der Waals surface area contributed by atoms with Crippen LogP contribution in [0.5, 0.6) is 0 Å². The summed E-state index contributed by atoms with van der Waals surface area (Å²) in [5, 5.41) is 9.06. The molecule has 12 heteroatoms. The van der Waals surface area contributed by atoms with Crippen LogP contribution < -0.4 is 9.80 Å². The third-order valence-electron chi connectivity index (χ3n) is 7.40. The van der Waals surface area contributed by atoms with Gasteiger partial charge in [0.05, 0.1) is 36.2 Å². The van der Waals surface area contributed by atoms with Gasteiger partial charge in [-0.15, -0.1) is 12.6 Å². The highest BCUT2D eigenvalue weighted by molar-refractivity contribution is 7.81. The van der Waals surface area contributed by atoms with Gasteiger partial charge >= 0.3 is 6.18 Å². The number of ketones is 1. The second-order valence-electron chi connectivity index (χ2n) is 9.34. The number of ether oxygens (including phenoxy) is 1. The summed E-state index contributed by atoms with van der Waals surface area (Å²) in [6.07, 6.45) is -3.44. The largest absolute Gasteiger partial charge is 0.419 e. The highest BCUT2D eigenvalue weighted by Gasteiger charge is 2.66. The summed E-state index contributed by atoms with van der Waals surface area (Å²) in [7, 11) is 3.92. The molecule has 0 bridgehead atoms. The average molecular weight is 518 g/mol. The van der Waals surface area contributed by atoms with Gasteiger partial charge < -0.3 is 9.64 Å². The van der Waals surface area contributed by atoms with E-state index in [4.69, 9.17) is 10.00 Å². The molecule has 2 saturated heterocycles. The SMILES string of the molecule is CN(C)C1(c2ccc(N3C(S)N(c4cnc(C#N)c(C(F)(F)F)c4)C(=O)C34CCC4=O)cc2)COC1. The zero-order chi connectivity index (χ0) is 26.0. The number of aromatic nitrogens is 1. The van der Waals surface area contributed by atoms with Crippen molar-refractivity contribution in [1.29, 1.82) is 5.26 Å². The Bertz CT molecular complexity index is 1290. The number of Topliss-reactive ketones (excluding diaryl/α,β-unsaturated/α-hetero) is 1. The molecule has 2 atom stereocenters. The molecule has 1 aromatic carbocycles. The molecule has 8 nitrogen and oxygen atoms in total. The fraction of sp³-hybridized carbons (Fsp3) is 0.417. The van der Waals surface area contributed by atoms with E-state index >= 15 is 0 Å². The van der Waals surface area contributed by atoms with E-state index in [1.807, 2.05) is 26.2 Å². The summed E-state index contributed by atoms with van der Waals surface area (Å²) in [5.41, 5.74) is -3.62. The number of pyridine rings is 1. The van der Waals surface area contributed by atoms with Crippen LogP contribution in [0.4, 0.5) is 24.5 Å². The van der Waals surface area contributed by atoms with Crippen molar-refractivity contribution in [3.8, 4) is 6.07 Å². The standard InChI is InChI=1S/C24H22F3N5O3S/c1-30(2)22(12-35-13-22)14-3-5-15(6-4-14)32-21(36)31(20(34)23(32)8-7-19(23)33)16-9-17(24(25,26)27)18(10-28)29-11-16/h3-6,9,11,21,36H,7-8,12-13H2,1-2H3. The first kappa shape index (κ1) is 24.5. The van der Waals surface area contributed by atoms with Gasteiger partial charge in [-0.2, -0.15) is 18.4 Å². The number of hydrogen-bond donors (Lipinski definition) is 1. The van der Waals surface area contributed by atoms with Crippen molar-refractivity contribution in [2.75, 3.05) is 37.1 Å². The van der Waals surface area contributed by atoms with Gasteiger partial charge in [0.2, 0.25) is 0 Å². The van der Waals surface area contributed by atoms with Crippen LogP contribution >= 0.6 is 12.6 Å². The minimum atomic E-state index is -4.85. The van der Waals surface area contributed by atoms with Crippen LogP contribution in [0.2, 0.25) is 0 Å². The first-order valence-corrected chi connectivity index (χ1v) is 11.7. The topological polar surface area (TPSA) is 89.8 Å². The van der Waals surface area contributed by atoms with E-state index in [0.717, 1.165) is 16.7 Å². The number of rotatable bonds is 4. The van der Waals surface area contributed by atoms with Gasteiger partial charge in [0.15, 0.2) is 22.5 Å². The second-order valence-corrected chi connectivity index (χ2v) is 9.80. The average Bonchev–Trinajstić information content (AvgIpc) is 3.04. The molecule has 36 heavy (non-hydrogen) atoms. The Hall–Kier alpha value is -3.14. The molecule has 3 aliphatic rings. The number of amides is 1. The van der Waals surface area contributed by atoms with Gasteiger partial charge in [-0.05, 0) is 44.3 Å². The molecule has 1 spiro atoms. The lowest BCUT2D eigenvalue weighted by atomic mass is 9.73. The smallest absolute Gasteiger partial charge is 0.377 e. The van der Waals surface area contributed by atoms with E-state index in [9.17, 15) is 22.8 Å². The molecular formula is C24H22F3N5O3S. The van der Waals surface area contributed by atoms with Crippen LogP contribution in [0.1, 0.15) is 29.7 Å². The quantitative estimate of drug-likeness (QED) is 0.493. The number of hydrogen-bond acceptors (Lipinski definition) is 8. The molecule has 1 amide bonds. The van der Waals surface area contributed by atoms with E-state index in [1.165, 1.54) is 6.07 Å². The molecule has 1 aliphatic carbocycles. The Morgan fingerprint density at radius 1 is 1.19 bits per heavy atom. The molecule has 2 aromatic rings. The van der Waals surface area contributed by atoms with Crippen molar-refractivity contribution < 1.29 is 27.5 Å². The molecule has 2 unspecified atom stereocenters. The highest BCUT2D eigenvalue weighted by atomic mass is 32.1. The normalized spacial score (nSPS) is 25.2. The van der Waals surface area contributed by atoms with E-state index in [-0.39, 0.29) is 29.9 Å². The minimum Gasteiger partial charge on any atom is -0.377 e. The van der Waals surface area contributed by atoms with Crippen molar-refractivity contribution >= 4 is 35.7 Å². The molecule has 188 valence electrons. The van der Waals surface area contributed by atoms with Crippen LogP contribution in [0.3, 0.4) is 0 Å². The van der Waals surface area contributed by atoms with E-state index in [2.05, 4.69) is 22.5 Å². The van der Waals surface area contributed by atoms with Crippen LogP contribution in [-0.2, 0) is 26.0 Å². The Balaban J connectivity index is 1.56. The van der Waals surface area contributed by atoms with Crippen LogP contribution in [0, 0.1) is 11.3 Å². The van der Waals surface area contributed by atoms with Crippen LogP contribution in [-0.4, -0.2) is 59.9 Å². The molecule has 0 N–H and O–H groups in total. The summed E-state index contributed by atoms with van der Waals surface area (Å²) >= 11 is 4.58. The Kier molecular flexibility index (Phi) is 5.59.